The minimum atomic E-state index is -4.46. The first-order chi connectivity index (χ1) is 11.8. The molecule has 8 nitrogen and oxygen atoms in total. The highest BCUT2D eigenvalue weighted by Crippen LogP contribution is 2.14. The van der Waals surface area contributed by atoms with Crippen LogP contribution in [0, 0.1) is 0 Å². The van der Waals surface area contributed by atoms with E-state index in [4.69, 9.17) is 10.2 Å². The summed E-state index contributed by atoms with van der Waals surface area (Å²) in [6, 6.07) is 0. The zero-order valence-corrected chi connectivity index (χ0v) is 13.9. The molecule has 0 heterocycles. The van der Waals surface area contributed by atoms with E-state index in [0.717, 1.165) is 6.08 Å². The van der Waals surface area contributed by atoms with E-state index in [2.05, 4.69) is 29.2 Å². The number of alkyl halides is 3. The molecule has 0 aromatic heterocycles. The summed E-state index contributed by atoms with van der Waals surface area (Å²) in [6.07, 6.45) is -3.15. The van der Waals surface area contributed by atoms with E-state index in [1.54, 1.807) is 6.92 Å². The predicted molar refractivity (Wildman–Crippen MR) is 83.1 cm³/mol. The molecule has 11 heteroatoms. The fourth-order valence-corrected chi connectivity index (χ4v) is 0.671. The zero-order valence-electron chi connectivity index (χ0n) is 13.9. The van der Waals surface area contributed by atoms with Gasteiger partial charge in [0, 0.05) is 17.7 Å². The van der Waals surface area contributed by atoms with Crippen LogP contribution in [0.1, 0.15) is 13.3 Å². The number of hydrogen-bond donors (Lipinski definition) is 2. The standard InChI is InChI=1S/C5H5F3O2.C5H6O4.C5H8O2/c1-2-4(9)10-3-5(6,7)8;1-3(5(8)9)2-4(6)7;1-3-5(6)7-4-2/h2H,1,3H2;1-2H2,(H,6,7)(H,8,9);3H,1,4H2,2H3. The number of aliphatic carboxylic acids is 2. The fourth-order valence-electron chi connectivity index (χ4n) is 0.671. The summed E-state index contributed by atoms with van der Waals surface area (Å²) in [5.74, 6) is -3.88. The van der Waals surface area contributed by atoms with Crippen molar-refractivity contribution >= 4 is 23.9 Å². The lowest BCUT2D eigenvalue weighted by atomic mass is 10.2. The number of carboxylic acid groups (broad SMARTS) is 2. The van der Waals surface area contributed by atoms with E-state index in [1.165, 1.54) is 0 Å². The van der Waals surface area contributed by atoms with Crippen LogP contribution in [0.4, 0.5) is 13.2 Å². The van der Waals surface area contributed by atoms with Gasteiger partial charge >= 0.3 is 30.1 Å². The molecule has 0 aromatic rings. The molecule has 26 heavy (non-hydrogen) atoms. The largest absolute Gasteiger partial charge is 0.481 e. The van der Waals surface area contributed by atoms with Gasteiger partial charge in [-0.3, -0.25) is 4.79 Å². The quantitative estimate of drug-likeness (QED) is 0.505. The Kier molecular flexibility index (Phi) is 16.4. The third-order valence-corrected chi connectivity index (χ3v) is 1.67. The van der Waals surface area contributed by atoms with Gasteiger partial charge < -0.3 is 19.7 Å². The maximum absolute atomic E-state index is 11.2. The molecule has 0 unspecified atom stereocenters. The van der Waals surface area contributed by atoms with Gasteiger partial charge in [-0.1, -0.05) is 19.7 Å². The molecule has 0 aliphatic carbocycles. The number of rotatable bonds is 7. The fraction of sp³-hybridized carbons (Fsp3) is 0.333. The van der Waals surface area contributed by atoms with Crippen molar-refractivity contribution in [3.63, 3.8) is 0 Å². The van der Waals surface area contributed by atoms with Gasteiger partial charge in [-0.05, 0) is 6.92 Å². The Morgan fingerprint density at radius 3 is 1.62 bits per heavy atom. The van der Waals surface area contributed by atoms with Gasteiger partial charge in [-0.2, -0.15) is 13.2 Å². The minimum Gasteiger partial charge on any atom is -0.481 e. The molecule has 0 saturated carbocycles. The van der Waals surface area contributed by atoms with E-state index in [-0.39, 0.29) is 11.5 Å². The number of esters is 2. The first kappa shape index (κ1) is 27.7. The molecule has 0 radical (unpaired) electrons. The van der Waals surface area contributed by atoms with Crippen LogP contribution in [0.3, 0.4) is 0 Å². The molecule has 0 aliphatic rings. The van der Waals surface area contributed by atoms with Gasteiger partial charge in [0.2, 0.25) is 0 Å². The van der Waals surface area contributed by atoms with Crippen LogP contribution < -0.4 is 0 Å². The number of ether oxygens (including phenoxy) is 2. The molecule has 148 valence electrons. The number of halogens is 3. The summed E-state index contributed by atoms with van der Waals surface area (Å²) >= 11 is 0. The molecule has 0 rings (SSSR count). The number of carboxylic acids is 2. The molecular weight excluding hydrogens is 365 g/mol. The van der Waals surface area contributed by atoms with Crippen LogP contribution in [0.5, 0.6) is 0 Å². The van der Waals surface area contributed by atoms with Crippen LogP contribution in [-0.2, 0) is 28.7 Å². The van der Waals surface area contributed by atoms with Crippen molar-refractivity contribution in [1.29, 1.82) is 0 Å². The Hall–Kier alpha value is -3.11. The van der Waals surface area contributed by atoms with Crippen LogP contribution in [-0.4, -0.2) is 53.5 Å². The molecule has 0 aliphatic heterocycles. The minimum absolute atomic E-state index is 0.303. The molecule has 0 amide bonds. The average molecular weight is 384 g/mol. The van der Waals surface area contributed by atoms with Crippen molar-refractivity contribution in [3.8, 4) is 0 Å². The number of carbonyl (C=O) groups is 4. The predicted octanol–water partition coefficient (Wildman–Crippen LogP) is 2.12. The third-order valence-electron chi connectivity index (χ3n) is 1.67. The summed E-state index contributed by atoms with van der Waals surface area (Å²) in [4.78, 5) is 39.8. The molecule has 0 atom stereocenters. The van der Waals surface area contributed by atoms with Crippen LogP contribution >= 0.6 is 0 Å². The highest BCUT2D eigenvalue weighted by Gasteiger charge is 2.28. The monoisotopic (exact) mass is 384 g/mol. The molecule has 0 aromatic carbocycles. The Morgan fingerprint density at radius 1 is 1.00 bits per heavy atom. The highest BCUT2D eigenvalue weighted by molar-refractivity contribution is 5.91. The molecular formula is C15H19F3O8. The van der Waals surface area contributed by atoms with Gasteiger partial charge in [0.15, 0.2) is 6.61 Å². The SMILES string of the molecule is C=C(CC(=O)O)C(=O)O.C=CC(=O)OCC.C=CC(=O)OCC(F)(F)F. The van der Waals surface area contributed by atoms with Crippen molar-refractivity contribution in [2.45, 2.75) is 19.5 Å². The smallest absolute Gasteiger partial charge is 0.422 e. The molecule has 0 spiro atoms. The average Bonchev–Trinajstić information content (AvgIpc) is 2.52. The van der Waals surface area contributed by atoms with Crippen molar-refractivity contribution in [2.75, 3.05) is 13.2 Å². The summed E-state index contributed by atoms with van der Waals surface area (Å²) in [7, 11) is 0. The van der Waals surface area contributed by atoms with Crippen molar-refractivity contribution in [2.24, 2.45) is 0 Å². The van der Waals surface area contributed by atoms with Gasteiger partial charge in [-0.25, -0.2) is 14.4 Å². The summed E-state index contributed by atoms with van der Waals surface area (Å²) in [6.45, 7) is 9.75. The van der Waals surface area contributed by atoms with E-state index in [9.17, 15) is 32.3 Å². The van der Waals surface area contributed by atoms with Gasteiger partial charge in [0.05, 0.1) is 13.0 Å². The lowest BCUT2D eigenvalue weighted by molar-refractivity contribution is -0.182. The Morgan fingerprint density at radius 2 is 1.42 bits per heavy atom. The second kappa shape index (κ2) is 15.4. The normalized spacial score (nSPS) is 9.08. The number of hydrogen-bond acceptors (Lipinski definition) is 6. The summed E-state index contributed by atoms with van der Waals surface area (Å²) in [5, 5.41) is 16.1. The van der Waals surface area contributed by atoms with Crippen LogP contribution in [0.25, 0.3) is 0 Å². The Labute approximate surface area is 147 Å². The van der Waals surface area contributed by atoms with Crippen LogP contribution in [0.2, 0.25) is 0 Å². The first-order valence-corrected chi connectivity index (χ1v) is 6.58. The molecule has 0 bridgehead atoms. The number of carbonyl (C=O) groups excluding carboxylic acids is 2. The van der Waals surface area contributed by atoms with Gasteiger partial charge in [0.25, 0.3) is 0 Å². The topological polar surface area (TPSA) is 127 Å². The zero-order chi connectivity index (χ0) is 21.3. The van der Waals surface area contributed by atoms with E-state index in [1.807, 2.05) is 0 Å². The molecule has 0 fully saturated rings. The molecule has 2 N–H and O–H groups in total. The second-order valence-corrected chi connectivity index (χ2v) is 3.86. The molecule has 0 saturated heterocycles. The first-order valence-electron chi connectivity index (χ1n) is 6.58. The lowest BCUT2D eigenvalue weighted by Gasteiger charge is -2.04. The maximum atomic E-state index is 11.2. The van der Waals surface area contributed by atoms with E-state index < -0.39 is 37.1 Å². The highest BCUT2D eigenvalue weighted by atomic mass is 19.4. The van der Waals surface area contributed by atoms with E-state index in [0.29, 0.717) is 12.7 Å². The van der Waals surface area contributed by atoms with Gasteiger partial charge in [0.1, 0.15) is 0 Å². The lowest BCUT2D eigenvalue weighted by Crippen LogP contribution is -2.19. The maximum Gasteiger partial charge on any atom is 0.422 e. The summed E-state index contributed by atoms with van der Waals surface area (Å²) in [5.41, 5.74) is -0.303. The third kappa shape index (κ3) is 25.8. The Bertz CT molecular complexity index is 523. The van der Waals surface area contributed by atoms with E-state index >= 15 is 0 Å². The van der Waals surface area contributed by atoms with Crippen molar-refractivity contribution in [3.05, 3.63) is 37.5 Å². The van der Waals surface area contributed by atoms with Crippen molar-refractivity contribution in [1.82, 2.24) is 0 Å². The van der Waals surface area contributed by atoms with Crippen molar-refractivity contribution < 1.29 is 52.0 Å². The van der Waals surface area contributed by atoms with Crippen LogP contribution in [0.15, 0.2) is 37.5 Å². The second-order valence-electron chi connectivity index (χ2n) is 3.86. The summed E-state index contributed by atoms with van der Waals surface area (Å²) < 4.78 is 41.8. The Balaban J connectivity index is -0.000000310. The van der Waals surface area contributed by atoms with Gasteiger partial charge in [-0.15, -0.1) is 0 Å².